The third-order valence-electron chi connectivity index (χ3n) is 3.09. The molecule has 3 aromatic rings. The van der Waals surface area contributed by atoms with E-state index in [0.29, 0.717) is 0 Å². The van der Waals surface area contributed by atoms with Gasteiger partial charge in [0.25, 0.3) is 0 Å². The van der Waals surface area contributed by atoms with Crippen LogP contribution in [-0.4, -0.2) is 15.2 Å². The molecule has 0 aliphatic heterocycles. The molecule has 0 saturated carbocycles. The summed E-state index contributed by atoms with van der Waals surface area (Å²) in [6.45, 7) is 0. The van der Waals surface area contributed by atoms with Gasteiger partial charge in [0.2, 0.25) is 5.52 Å². The zero-order chi connectivity index (χ0) is 16.6. The van der Waals surface area contributed by atoms with Gasteiger partial charge in [0, 0.05) is 0 Å². The Labute approximate surface area is 125 Å². The Hall–Kier alpha value is -3.17. The Morgan fingerprint density at radius 1 is 1.09 bits per heavy atom. The monoisotopic (exact) mass is 324 g/mol. The summed E-state index contributed by atoms with van der Waals surface area (Å²) in [7, 11) is 0. The van der Waals surface area contributed by atoms with E-state index in [0.717, 1.165) is 6.07 Å². The summed E-state index contributed by atoms with van der Waals surface area (Å²) in [5.41, 5.74) is -1.92. The lowest BCUT2D eigenvalue weighted by molar-refractivity contribution is -0.382. The van der Waals surface area contributed by atoms with E-state index in [1.807, 2.05) is 0 Å². The predicted octanol–water partition coefficient (Wildman–Crippen LogP) is 3.89. The molecule has 0 atom stereocenters. The molecule has 1 aromatic heterocycles. The van der Waals surface area contributed by atoms with Crippen LogP contribution in [0.2, 0.25) is 0 Å². The minimum atomic E-state index is -4.60. The molecule has 0 radical (unpaired) electrons. The number of nitro groups is 1. The molecule has 0 bridgehead atoms. The highest BCUT2D eigenvalue weighted by Crippen LogP contribution is 2.39. The molecule has 7 nitrogen and oxygen atoms in total. The smallest absolute Gasteiger partial charge is 0.349 e. The molecule has 0 fully saturated rings. The van der Waals surface area contributed by atoms with Gasteiger partial charge < -0.3 is 5.32 Å². The van der Waals surface area contributed by atoms with Crippen molar-refractivity contribution in [2.75, 3.05) is 5.32 Å². The lowest BCUT2D eigenvalue weighted by Gasteiger charge is -2.14. The van der Waals surface area contributed by atoms with Gasteiger partial charge in [-0.25, -0.2) is 4.63 Å². The van der Waals surface area contributed by atoms with Crippen molar-refractivity contribution >= 4 is 28.1 Å². The molecule has 2 aromatic carbocycles. The van der Waals surface area contributed by atoms with Gasteiger partial charge in [-0.1, -0.05) is 12.1 Å². The molecule has 0 amide bonds. The molecule has 118 valence electrons. The van der Waals surface area contributed by atoms with Crippen LogP contribution in [0.25, 0.3) is 11.0 Å². The van der Waals surface area contributed by atoms with Crippen LogP contribution in [0.1, 0.15) is 5.56 Å². The van der Waals surface area contributed by atoms with Crippen LogP contribution in [0.3, 0.4) is 0 Å². The number of halogens is 3. The van der Waals surface area contributed by atoms with Crippen molar-refractivity contribution in [3.8, 4) is 0 Å². The summed E-state index contributed by atoms with van der Waals surface area (Å²) in [5.74, 6) is 0. The van der Waals surface area contributed by atoms with Crippen LogP contribution in [-0.2, 0) is 6.18 Å². The van der Waals surface area contributed by atoms with E-state index in [1.54, 1.807) is 0 Å². The topological polar surface area (TPSA) is 94.1 Å². The van der Waals surface area contributed by atoms with Crippen molar-refractivity contribution in [1.82, 2.24) is 10.3 Å². The molecule has 0 spiro atoms. The van der Waals surface area contributed by atoms with Crippen LogP contribution >= 0.6 is 0 Å². The summed E-state index contributed by atoms with van der Waals surface area (Å²) in [5, 5.41) is 20.6. The van der Waals surface area contributed by atoms with Gasteiger partial charge in [-0.05, 0) is 34.6 Å². The number of alkyl halides is 3. The SMILES string of the molecule is O=[N+]([O-])c1c(Nc2ccccc2C(F)(F)F)ccc2nonc12. The molecule has 10 heteroatoms. The summed E-state index contributed by atoms with van der Waals surface area (Å²) >= 11 is 0. The fourth-order valence-corrected chi connectivity index (χ4v) is 2.11. The zero-order valence-electron chi connectivity index (χ0n) is 11.2. The van der Waals surface area contributed by atoms with Gasteiger partial charge >= 0.3 is 11.9 Å². The maximum Gasteiger partial charge on any atom is 0.418 e. The van der Waals surface area contributed by atoms with Crippen molar-refractivity contribution in [2.45, 2.75) is 6.18 Å². The highest BCUT2D eigenvalue weighted by Gasteiger charge is 2.34. The van der Waals surface area contributed by atoms with Gasteiger partial charge in [0.05, 0.1) is 16.2 Å². The molecule has 1 N–H and O–H groups in total. The highest BCUT2D eigenvalue weighted by molar-refractivity contribution is 5.92. The van der Waals surface area contributed by atoms with E-state index in [4.69, 9.17) is 0 Å². The van der Waals surface area contributed by atoms with E-state index in [-0.39, 0.29) is 22.4 Å². The van der Waals surface area contributed by atoms with Crippen LogP contribution < -0.4 is 5.32 Å². The Bertz CT molecular complexity index is 892. The van der Waals surface area contributed by atoms with Gasteiger partial charge in [0.1, 0.15) is 11.2 Å². The van der Waals surface area contributed by atoms with Crippen molar-refractivity contribution in [1.29, 1.82) is 0 Å². The number of para-hydroxylation sites is 1. The highest BCUT2D eigenvalue weighted by atomic mass is 19.4. The second-order valence-electron chi connectivity index (χ2n) is 4.52. The molecule has 0 saturated heterocycles. The minimum Gasteiger partial charge on any atom is -0.349 e. The lowest BCUT2D eigenvalue weighted by atomic mass is 10.1. The Morgan fingerprint density at radius 3 is 2.52 bits per heavy atom. The fraction of sp³-hybridized carbons (Fsp3) is 0.0769. The third-order valence-corrected chi connectivity index (χ3v) is 3.09. The Kier molecular flexibility index (Phi) is 3.36. The van der Waals surface area contributed by atoms with Gasteiger partial charge in [0.15, 0.2) is 0 Å². The summed E-state index contributed by atoms with van der Waals surface area (Å²) < 4.78 is 43.4. The first-order valence-corrected chi connectivity index (χ1v) is 6.21. The number of rotatable bonds is 3. The number of nitrogens with one attached hydrogen (secondary N) is 1. The molecule has 23 heavy (non-hydrogen) atoms. The maximum atomic E-state index is 13.0. The fourth-order valence-electron chi connectivity index (χ4n) is 2.11. The second-order valence-corrected chi connectivity index (χ2v) is 4.52. The summed E-state index contributed by atoms with van der Waals surface area (Å²) in [6.07, 6.45) is -4.60. The largest absolute Gasteiger partial charge is 0.418 e. The standard InChI is InChI=1S/C13H7F3N4O3/c14-13(15,16)7-3-1-2-4-8(7)17-10-6-5-9-11(19-23-18-9)12(10)20(21)22/h1-6,17H. The van der Waals surface area contributed by atoms with Crippen LogP contribution in [0.15, 0.2) is 41.0 Å². The van der Waals surface area contributed by atoms with Gasteiger partial charge in [-0.15, -0.1) is 0 Å². The molecular weight excluding hydrogens is 317 g/mol. The van der Waals surface area contributed by atoms with E-state index in [9.17, 15) is 23.3 Å². The van der Waals surface area contributed by atoms with Crippen molar-refractivity contribution < 1.29 is 22.7 Å². The number of anilines is 2. The van der Waals surface area contributed by atoms with Crippen molar-refractivity contribution in [3.05, 3.63) is 52.1 Å². The van der Waals surface area contributed by atoms with E-state index >= 15 is 0 Å². The Morgan fingerprint density at radius 2 is 1.83 bits per heavy atom. The molecule has 3 rings (SSSR count). The van der Waals surface area contributed by atoms with Gasteiger partial charge in [-0.3, -0.25) is 10.1 Å². The van der Waals surface area contributed by atoms with E-state index in [1.165, 1.54) is 30.3 Å². The molecule has 0 unspecified atom stereocenters. The number of hydrogen-bond donors (Lipinski definition) is 1. The lowest BCUT2D eigenvalue weighted by Crippen LogP contribution is -2.09. The normalized spacial score (nSPS) is 11.6. The maximum absolute atomic E-state index is 13.0. The predicted molar refractivity (Wildman–Crippen MR) is 73.2 cm³/mol. The number of fused-ring (bicyclic) bond motifs is 1. The molecular formula is C13H7F3N4O3. The molecule has 0 aliphatic carbocycles. The first-order valence-electron chi connectivity index (χ1n) is 6.21. The molecule has 1 heterocycles. The average molecular weight is 324 g/mol. The third kappa shape index (κ3) is 2.65. The summed E-state index contributed by atoms with van der Waals surface area (Å²) in [4.78, 5) is 10.5. The van der Waals surface area contributed by atoms with Crippen LogP contribution in [0, 0.1) is 10.1 Å². The Balaban J connectivity index is 2.13. The number of nitrogens with zero attached hydrogens (tertiary/aromatic N) is 3. The van der Waals surface area contributed by atoms with Crippen LogP contribution in [0.5, 0.6) is 0 Å². The zero-order valence-corrected chi connectivity index (χ0v) is 11.2. The van der Waals surface area contributed by atoms with Gasteiger partial charge in [-0.2, -0.15) is 13.2 Å². The number of hydrogen-bond acceptors (Lipinski definition) is 6. The van der Waals surface area contributed by atoms with E-state index in [2.05, 4.69) is 20.3 Å². The summed E-state index contributed by atoms with van der Waals surface area (Å²) in [6, 6.07) is 7.28. The number of benzene rings is 2. The average Bonchev–Trinajstić information content (AvgIpc) is 2.94. The van der Waals surface area contributed by atoms with Crippen molar-refractivity contribution in [2.24, 2.45) is 0 Å². The van der Waals surface area contributed by atoms with Crippen LogP contribution in [0.4, 0.5) is 30.2 Å². The first kappa shape index (κ1) is 14.8. The minimum absolute atomic E-state index is 0.131. The molecule has 0 aliphatic rings. The van der Waals surface area contributed by atoms with Crippen molar-refractivity contribution in [3.63, 3.8) is 0 Å². The second kappa shape index (κ2) is 5.23. The number of nitro benzene ring substituents is 1. The van der Waals surface area contributed by atoms with E-state index < -0.39 is 22.4 Å². The number of aromatic nitrogens is 2. The first-order chi connectivity index (χ1) is 10.9. The quantitative estimate of drug-likeness (QED) is 0.580.